The standard InChI is InChI=1S/C21H15N5/c1-2-8-16(9-3-1)18-15-26(24-23-18)20-11-5-4-10-17(20)19-14-25-13-7-6-12-21(25)22-19/h1-15H. The normalized spacial score (nSPS) is 11.1. The van der Waals surface area contributed by atoms with E-state index < -0.39 is 0 Å². The van der Waals surface area contributed by atoms with Gasteiger partial charge in [0.05, 0.1) is 17.6 Å². The summed E-state index contributed by atoms with van der Waals surface area (Å²) in [7, 11) is 0. The highest BCUT2D eigenvalue weighted by molar-refractivity contribution is 5.72. The van der Waals surface area contributed by atoms with Crippen molar-refractivity contribution < 1.29 is 0 Å². The number of nitrogens with zero attached hydrogens (tertiary/aromatic N) is 5. The number of para-hydroxylation sites is 1. The third-order valence-corrected chi connectivity index (χ3v) is 4.35. The van der Waals surface area contributed by atoms with E-state index in [2.05, 4.69) is 16.4 Å². The minimum absolute atomic E-state index is 0.843. The molecule has 5 rings (SSSR count). The summed E-state index contributed by atoms with van der Waals surface area (Å²) in [6, 6.07) is 24.1. The molecule has 0 aliphatic carbocycles. The zero-order valence-corrected chi connectivity index (χ0v) is 13.9. The van der Waals surface area contributed by atoms with E-state index in [1.54, 1.807) is 0 Å². The van der Waals surface area contributed by atoms with Crippen molar-refractivity contribution >= 4 is 5.65 Å². The second kappa shape index (κ2) is 5.97. The number of fused-ring (bicyclic) bond motifs is 1. The van der Waals surface area contributed by atoms with Crippen LogP contribution in [0.25, 0.3) is 33.8 Å². The molecule has 2 aromatic carbocycles. The molecule has 0 amide bonds. The number of imidazole rings is 1. The summed E-state index contributed by atoms with van der Waals surface area (Å²) < 4.78 is 3.82. The van der Waals surface area contributed by atoms with Crippen LogP contribution in [0.15, 0.2) is 91.4 Å². The van der Waals surface area contributed by atoms with E-state index in [0.717, 1.165) is 33.8 Å². The smallest absolute Gasteiger partial charge is 0.137 e. The van der Waals surface area contributed by atoms with Crippen molar-refractivity contribution in [3.05, 3.63) is 91.4 Å². The second-order valence-electron chi connectivity index (χ2n) is 6.02. The molecule has 0 spiro atoms. The summed E-state index contributed by atoms with van der Waals surface area (Å²) in [6.07, 6.45) is 5.98. The van der Waals surface area contributed by atoms with Crippen LogP contribution in [0, 0.1) is 0 Å². The van der Waals surface area contributed by atoms with Gasteiger partial charge in [0.15, 0.2) is 0 Å². The molecule has 3 heterocycles. The maximum Gasteiger partial charge on any atom is 0.137 e. The first-order valence-electron chi connectivity index (χ1n) is 8.40. The summed E-state index contributed by atoms with van der Waals surface area (Å²) in [5.74, 6) is 0. The molecule has 0 aliphatic heterocycles. The maximum absolute atomic E-state index is 4.74. The van der Waals surface area contributed by atoms with Crippen molar-refractivity contribution in [2.24, 2.45) is 0 Å². The van der Waals surface area contributed by atoms with E-state index in [1.807, 2.05) is 94.4 Å². The Labute approximate surface area is 150 Å². The van der Waals surface area contributed by atoms with E-state index in [1.165, 1.54) is 0 Å². The van der Waals surface area contributed by atoms with Crippen LogP contribution >= 0.6 is 0 Å². The quantitative estimate of drug-likeness (QED) is 0.494. The van der Waals surface area contributed by atoms with Gasteiger partial charge in [-0.05, 0) is 18.2 Å². The molecule has 124 valence electrons. The Hall–Kier alpha value is -3.73. The maximum atomic E-state index is 4.74. The van der Waals surface area contributed by atoms with E-state index in [-0.39, 0.29) is 0 Å². The van der Waals surface area contributed by atoms with Gasteiger partial charge in [-0.1, -0.05) is 59.8 Å². The zero-order valence-electron chi connectivity index (χ0n) is 13.9. The third kappa shape index (κ3) is 2.46. The molecule has 5 nitrogen and oxygen atoms in total. The van der Waals surface area contributed by atoms with Crippen LogP contribution in [0.3, 0.4) is 0 Å². The molecule has 0 atom stereocenters. The average Bonchev–Trinajstić information content (AvgIpc) is 3.36. The molecule has 0 unspecified atom stereocenters. The van der Waals surface area contributed by atoms with Gasteiger partial charge < -0.3 is 4.40 Å². The van der Waals surface area contributed by atoms with E-state index >= 15 is 0 Å². The van der Waals surface area contributed by atoms with Gasteiger partial charge in [0, 0.05) is 23.5 Å². The summed E-state index contributed by atoms with van der Waals surface area (Å²) in [6.45, 7) is 0. The van der Waals surface area contributed by atoms with Gasteiger partial charge in [0.1, 0.15) is 11.3 Å². The Morgan fingerprint density at radius 3 is 2.38 bits per heavy atom. The van der Waals surface area contributed by atoms with Gasteiger partial charge >= 0.3 is 0 Å². The van der Waals surface area contributed by atoms with Crippen molar-refractivity contribution in [2.75, 3.05) is 0 Å². The van der Waals surface area contributed by atoms with Crippen molar-refractivity contribution in [3.8, 4) is 28.2 Å². The fourth-order valence-electron chi connectivity index (χ4n) is 3.08. The lowest BCUT2D eigenvalue weighted by Crippen LogP contribution is -1.97. The lowest BCUT2D eigenvalue weighted by Gasteiger charge is -2.06. The Bertz CT molecular complexity index is 1150. The lowest BCUT2D eigenvalue weighted by molar-refractivity contribution is 0.805. The molecule has 26 heavy (non-hydrogen) atoms. The van der Waals surface area contributed by atoms with Gasteiger partial charge in [-0.25, -0.2) is 9.67 Å². The van der Waals surface area contributed by atoms with Crippen LogP contribution in [-0.4, -0.2) is 24.4 Å². The van der Waals surface area contributed by atoms with Crippen molar-refractivity contribution in [1.29, 1.82) is 0 Å². The number of hydrogen-bond acceptors (Lipinski definition) is 3. The number of pyridine rings is 1. The third-order valence-electron chi connectivity index (χ3n) is 4.35. The molecule has 0 N–H and O–H groups in total. The molecule has 0 saturated heterocycles. The molecule has 0 saturated carbocycles. The fraction of sp³-hybridized carbons (Fsp3) is 0. The summed E-state index contributed by atoms with van der Waals surface area (Å²) in [4.78, 5) is 4.74. The van der Waals surface area contributed by atoms with Crippen molar-refractivity contribution in [2.45, 2.75) is 0 Å². The first-order chi connectivity index (χ1) is 12.9. The van der Waals surface area contributed by atoms with Gasteiger partial charge in [-0.2, -0.15) is 0 Å². The van der Waals surface area contributed by atoms with Crippen molar-refractivity contribution in [1.82, 2.24) is 24.4 Å². The van der Waals surface area contributed by atoms with E-state index in [0.29, 0.717) is 0 Å². The summed E-state index contributed by atoms with van der Waals surface area (Å²) >= 11 is 0. The SMILES string of the molecule is c1ccc(-c2cn(-c3ccccc3-c3cn4ccccc4n3)nn2)cc1. The van der Waals surface area contributed by atoms with Crippen LogP contribution in [0.5, 0.6) is 0 Å². The van der Waals surface area contributed by atoms with Crippen molar-refractivity contribution in [3.63, 3.8) is 0 Å². The predicted molar refractivity (Wildman–Crippen MR) is 101 cm³/mol. The molecule has 5 aromatic rings. The molecule has 5 heteroatoms. The average molecular weight is 337 g/mol. The van der Waals surface area contributed by atoms with E-state index in [4.69, 9.17) is 4.98 Å². The molecular formula is C21H15N5. The van der Waals surface area contributed by atoms with Gasteiger partial charge in [-0.3, -0.25) is 0 Å². The van der Waals surface area contributed by atoms with Gasteiger partial charge in [0.25, 0.3) is 0 Å². The molecular weight excluding hydrogens is 322 g/mol. The number of rotatable bonds is 3. The van der Waals surface area contributed by atoms with Gasteiger partial charge in [-0.15, -0.1) is 5.10 Å². The second-order valence-corrected chi connectivity index (χ2v) is 6.02. The first kappa shape index (κ1) is 14.6. The van der Waals surface area contributed by atoms with Gasteiger partial charge in [0.2, 0.25) is 0 Å². The van der Waals surface area contributed by atoms with Crippen LogP contribution in [0.1, 0.15) is 0 Å². The minimum atomic E-state index is 0.843. The monoisotopic (exact) mass is 337 g/mol. The number of benzene rings is 2. The highest BCUT2D eigenvalue weighted by Gasteiger charge is 2.12. The minimum Gasteiger partial charge on any atom is -0.306 e. The Morgan fingerprint density at radius 1 is 0.692 bits per heavy atom. The Morgan fingerprint density at radius 2 is 1.50 bits per heavy atom. The van der Waals surface area contributed by atoms with Crippen LogP contribution in [-0.2, 0) is 0 Å². The molecule has 0 aliphatic rings. The fourth-order valence-corrected chi connectivity index (χ4v) is 3.08. The molecule has 0 bridgehead atoms. The highest BCUT2D eigenvalue weighted by atomic mass is 15.4. The van der Waals surface area contributed by atoms with Crippen LogP contribution in [0.4, 0.5) is 0 Å². The number of hydrogen-bond donors (Lipinski definition) is 0. The predicted octanol–water partition coefficient (Wildman–Crippen LogP) is 4.25. The lowest BCUT2D eigenvalue weighted by atomic mass is 10.1. The Balaban J connectivity index is 1.62. The Kier molecular flexibility index (Phi) is 3.35. The van der Waals surface area contributed by atoms with E-state index in [9.17, 15) is 0 Å². The largest absolute Gasteiger partial charge is 0.306 e. The first-order valence-corrected chi connectivity index (χ1v) is 8.40. The zero-order chi connectivity index (χ0) is 17.3. The van der Waals surface area contributed by atoms with Crippen LogP contribution < -0.4 is 0 Å². The summed E-state index contributed by atoms with van der Waals surface area (Å²) in [5.41, 5.74) is 5.68. The molecule has 3 aromatic heterocycles. The number of aromatic nitrogens is 5. The summed E-state index contributed by atoms with van der Waals surface area (Å²) in [5, 5.41) is 8.66. The topological polar surface area (TPSA) is 48.0 Å². The van der Waals surface area contributed by atoms with Crippen LogP contribution in [0.2, 0.25) is 0 Å². The highest BCUT2D eigenvalue weighted by Crippen LogP contribution is 2.27. The molecule has 0 fully saturated rings. The molecule has 0 radical (unpaired) electrons.